The second kappa shape index (κ2) is 3.97. The van der Waals surface area contributed by atoms with Gasteiger partial charge < -0.3 is 5.73 Å². The van der Waals surface area contributed by atoms with Crippen molar-refractivity contribution in [3.05, 3.63) is 11.1 Å². The molecule has 0 fully saturated rings. The van der Waals surface area contributed by atoms with E-state index in [-0.39, 0.29) is 5.17 Å². The molecule has 2 nitrogen and oxygen atoms in total. The third-order valence-corrected chi connectivity index (χ3v) is 1.84. The van der Waals surface area contributed by atoms with Crippen LogP contribution in [0.3, 0.4) is 0 Å². The number of thioether (sulfide) groups is 1. The SMILES string of the molecule is C=C(Br)CSC(=N)N. The summed E-state index contributed by atoms with van der Waals surface area (Å²) in [6.07, 6.45) is 0. The van der Waals surface area contributed by atoms with Crippen LogP contribution < -0.4 is 5.73 Å². The van der Waals surface area contributed by atoms with Gasteiger partial charge in [-0.25, -0.2) is 0 Å². The van der Waals surface area contributed by atoms with E-state index in [4.69, 9.17) is 11.1 Å². The van der Waals surface area contributed by atoms with Crippen LogP contribution in [-0.2, 0) is 0 Å². The Morgan fingerprint density at radius 1 is 1.88 bits per heavy atom. The number of halogens is 1. The fourth-order valence-electron chi connectivity index (χ4n) is 0.156. The van der Waals surface area contributed by atoms with Crippen LogP contribution in [-0.4, -0.2) is 10.9 Å². The summed E-state index contributed by atoms with van der Waals surface area (Å²) in [5.41, 5.74) is 5.03. The molecule has 0 heterocycles. The van der Waals surface area contributed by atoms with Crippen molar-refractivity contribution in [2.75, 3.05) is 5.75 Å². The van der Waals surface area contributed by atoms with Crippen LogP contribution in [0.15, 0.2) is 11.1 Å². The predicted molar refractivity (Wildman–Crippen MR) is 42.4 cm³/mol. The summed E-state index contributed by atoms with van der Waals surface area (Å²) in [7, 11) is 0. The molecule has 0 saturated carbocycles. The van der Waals surface area contributed by atoms with E-state index in [0.29, 0.717) is 5.75 Å². The van der Waals surface area contributed by atoms with Crippen LogP contribution >= 0.6 is 27.7 Å². The van der Waals surface area contributed by atoms with Crippen molar-refractivity contribution in [1.82, 2.24) is 0 Å². The molecule has 0 radical (unpaired) electrons. The predicted octanol–water partition coefficient (Wildman–Crippen LogP) is 1.52. The summed E-state index contributed by atoms with van der Waals surface area (Å²) in [5, 5.41) is 6.90. The van der Waals surface area contributed by atoms with Crippen LogP contribution in [0, 0.1) is 5.41 Å². The average molecular weight is 195 g/mol. The lowest BCUT2D eigenvalue weighted by atomic mass is 10.8. The first-order valence-electron chi connectivity index (χ1n) is 1.93. The van der Waals surface area contributed by atoms with Crippen molar-refractivity contribution < 1.29 is 0 Å². The highest BCUT2D eigenvalue weighted by Gasteiger charge is 1.89. The molecule has 8 heavy (non-hydrogen) atoms. The lowest BCUT2D eigenvalue weighted by molar-refractivity contribution is 1.50. The molecule has 0 spiro atoms. The Kier molecular flexibility index (Phi) is 3.99. The van der Waals surface area contributed by atoms with E-state index >= 15 is 0 Å². The van der Waals surface area contributed by atoms with Gasteiger partial charge in [0.05, 0.1) is 0 Å². The van der Waals surface area contributed by atoms with Crippen LogP contribution in [0.1, 0.15) is 0 Å². The molecule has 0 aromatic carbocycles. The molecule has 0 aromatic rings. The van der Waals surface area contributed by atoms with Gasteiger partial charge in [-0.3, -0.25) is 5.41 Å². The van der Waals surface area contributed by atoms with Crippen LogP contribution in [0.4, 0.5) is 0 Å². The molecule has 0 saturated heterocycles. The van der Waals surface area contributed by atoms with Gasteiger partial charge in [0, 0.05) is 5.75 Å². The highest BCUT2D eigenvalue weighted by Crippen LogP contribution is 2.09. The van der Waals surface area contributed by atoms with Crippen molar-refractivity contribution >= 4 is 32.9 Å². The Morgan fingerprint density at radius 3 is 2.50 bits per heavy atom. The van der Waals surface area contributed by atoms with Crippen molar-refractivity contribution in [2.45, 2.75) is 0 Å². The second-order valence-corrected chi connectivity index (χ2v) is 3.31. The van der Waals surface area contributed by atoms with Gasteiger partial charge in [0.25, 0.3) is 0 Å². The van der Waals surface area contributed by atoms with E-state index < -0.39 is 0 Å². The van der Waals surface area contributed by atoms with Gasteiger partial charge in [-0.1, -0.05) is 34.3 Å². The van der Waals surface area contributed by atoms with Crippen molar-refractivity contribution in [3.8, 4) is 0 Å². The molecule has 0 atom stereocenters. The average Bonchev–Trinajstić information content (AvgIpc) is 1.61. The fourth-order valence-corrected chi connectivity index (χ4v) is 0.812. The summed E-state index contributed by atoms with van der Waals surface area (Å²) >= 11 is 4.39. The lowest BCUT2D eigenvalue weighted by Crippen LogP contribution is -2.03. The van der Waals surface area contributed by atoms with E-state index in [0.717, 1.165) is 4.48 Å². The summed E-state index contributed by atoms with van der Waals surface area (Å²) in [6.45, 7) is 3.57. The van der Waals surface area contributed by atoms with E-state index in [9.17, 15) is 0 Å². The zero-order valence-corrected chi connectivity index (χ0v) is 6.68. The molecule has 0 aliphatic rings. The lowest BCUT2D eigenvalue weighted by Gasteiger charge is -1.92. The van der Waals surface area contributed by atoms with Crippen LogP contribution in [0.25, 0.3) is 0 Å². The molecule has 0 rings (SSSR count). The van der Waals surface area contributed by atoms with Gasteiger partial charge in [-0.05, 0) is 4.48 Å². The Bertz CT molecular complexity index is 98.6. The highest BCUT2D eigenvalue weighted by atomic mass is 79.9. The number of hydrogen-bond donors (Lipinski definition) is 2. The maximum absolute atomic E-state index is 6.77. The molecule has 46 valence electrons. The molecule has 3 N–H and O–H groups in total. The number of rotatable bonds is 2. The minimum atomic E-state index is 0.130. The highest BCUT2D eigenvalue weighted by molar-refractivity contribution is 9.11. The maximum atomic E-state index is 6.77. The second-order valence-electron chi connectivity index (χ2n) is 1.17. The fraction of sp³-hybridized carbons (Fsp3) is 0.250. The summed E-state index contributed by atoms with van der Waals surface area (Å²) < 4.78 is 0.859. The molecule has 0 amide bonds. The third-order valence-electron chi connectivity index (χ3n) is 0.384. The zero-order chi connectivity index (χ0) is 6.57. The topological polar surface area (TPSA) is 49.9 Å². The molecule has 0 aliphatic carbocycles. The summed E-state index contributed by atoms with van der Waals surface area (Å²) in [5.74, 6) is 0.676. The normalized spacial score (nSPS) is 8.62. The molecule has 0 unspecified atom stereocenters. The van der Waals surface area contributed by atoms with Crippen LogP contribution in [0.5, 0.6) is 0 Å². The van der Waals surface area contributed by atoms with Gasteiger partial charge in [0.1, 0.15) is 0 Å². The Morgan fingerprint density at radius 2 is 2.38 bits per heavy atom. The molecular formula is C4H7BrN2S. The summed E-state index contributed by atoms with van der Waals surface area (Å²) in [6, 6.07) is 0. The van der Waals surface area contributed by atoms with E-state index in [2.05, 4.69) is 22.5 Å². The molecular weight excluding hydrogens is 188 g/mol. The Balaban J connectivity index is 3.18. The van der Waals surface area contributed by atoms with Crippen molar-refractivity contribution in [2.24, 2.45) is 5.73 Å². The minimum Gasteiger partial charge on any atom is -0.379 e. The van der Waals surface area contributed by atoms with Crippen LogP contribution in [0.2, 0.25) is 0 Å². The van der Waals surface area contributed by atoms with Gasteiger partial charge >= 0.3 is 0 Å². The smallest absolute Gasteiger partial charge is 0.151 e. The number of hydrogen-bond acceptors (Lipinski definition) is 2. The first kappa shape index (κ1) is 8.04. The Hall–Kier alpha value is 0.0400. The number of amidine groups is 1. The molecule has 0 bridgehead atoms. The molecule has 4 heteroatoms. The molecule has 0 aliphatic heterocycles. The van der Waals surface area contributed by atoms with Gasteiger partial charge in [0.15, 0.2) is 5.17 Å². The van der Waals surface area contributed by atoms with E-state index in [1.807, 2.05) is 0 Å². The quantitative estimate of drug-likeness (QED) is 0.518. The zero-order valence-electron chi connectivity index (χ0n) is 4.28. The first-order chi connectivity index (χ1) is 3.63. The standard InChI is InChI=1S/C4H7BrN2S/c1-3(5)2-8-4(6)7/h1-2H2,(H3,6,7). The maximum Gasteiger partial charge on any atom is 0.151 e. The largest absolute Gasteiger partial charge is 0.379 e. The monoisotopic (exact) mass is 194 g/mol. The van der Waals surface area contributed by atoms with E-state index in [1.165, 1.54) is 11.8 Å². The van der Waals surface area contributed by atoms with Crippen molar-refractivity contribution in [3.63, 3.8) is 0 Å². The van der Waals surface area contributed by atoms with Gasteiger partial charge in [-0.2, -0.15) is 0 Å². The minimum absolute atomic E-state index is 0.130. The number of nitrogens with two attached hydrogens (primary N) is 1. The first-order valence-corrected chi connectivity index (χ1v) is 3.71. The van der Waals surface area contributed by atoms with Gasteiger partial charge in [-0.15, -0.1) is 0 Å². The van der Waals surface area contributed by atoms with Crippen molar-refractivity contribution in [1.29, 1.82) is 5.41 Å². The summed E-state index contributed by atoms with van der Waals surface area (Å²) in [4.78, 5) is 0. The van der Waals surface area contributed by atoms with E-state index in [1.54, 1.807) is 0 Å². The van der Waals surface area contributed by atoms with Gasteiger partial charge in [0.2, 0.25) is 0 Å². The molecule has 0 aromatic heterocycles. The Labute approximate surface area is 61.2 Å². The number of nitrogens with one attached hydrogen (secondary N) is 1. The third kappa shape index (κ3) is 6.04.